The lowest BCUT2D eigenvalue weighted by Crippen LogP contribution is -2.36. The summed E-state index contributed by atoms with van der Waals surface area (Å²) in [4.78, 5) is 13.8. The molecular weight excluding hydrogens is 186 g/mol. The molecule has 0 bridgehead atoms. The van der Waals surface area contributed by atoms with Gasteiger partial charge in [-0.1, -0.05) is 32.6 Å². The van der Waals surface area contributed by atoms with Crippen LogP contribution in [0.25, 0.3) is 0 Å². The average Bonchev–Trinajstić information content (AvgIpc) is 2.26. The Hall–Kier alpha value is -0.970. The molecule has 0 aliphatic rings. The van der Waals surface area contributed by atoms with E-state index < -0.39 is 0 Å². The van der Waals surface area contributed by atoms with Crippen molar-refractivity contribution in [2.45, 2.75) is 46.5 Å². The third-order valence-electron chi connectivity index (χ3n) is 2.72. The molecule has 0 aromatic heterocycles. The number of unbranched alkanes of at least 4 members (excludes halogenated alkanes) is 1. The van der Waals surface area contributed by atoms with Gasteiger partial charge in [0.15, 0.2) is 0 Å². The molecule has 0 saturated carbocycles. The van der Waals surface area contributed by atoms with Gasteiger partial charge in [0.2, 0.25) is 5.91 Å². The molecule has 2 nitrogen and oxygen atoms in total. The van der Waals surface area contributed by atoms with E-state index in [0.29, 0.717) is 13.1 Å². The fourth-order valence-corrected chi connectivity index (χ4v) is 1.67. The number of nitrogens with zero attached hydrogens (tertiary/aromatic N) is 1. The first-order chi connectivity index (χ1) is 7.21. The second-order valence-electron chi connectivity index (χ2n) is 3.80. The molecule has 86 valence electrons. The zero-order chi connectivity index (χ0) is 11.7. The molecular formula is C13H23NO. The van der Waals surface area contributed by atoms with Gasteiger partial charge in [0, 0.05) is 12.5 Å². The summed E-state index contributed by atoms with van der Waals surface area (Å²) < 4.78 is 0. The van der Waals surface area contributed by atoms with E-state index >= 15 is 0 Å². The van der Waals surface area contributed by atoms with E-state index in [0.717, 1.165) is 25.7 Å². The summed E-state index contributed by atoms with van der Waals surface area (Å²) in [6.07, 6.45) is 9.42. The van der Waals surface area contributed by atoms with E-state index in [1.165, 1.54) is 0 Å². The van der Waals surface area contributed by atoms with Crippen LogP contribution in [0, 0.1) is 18.3 Å². The van der Waals surface area contributed by atoms with Crippen LogP contribution < -0.4 is 0 Å². The summed E-state index contributed by atoms with van der Waals surface area (Å²) in [5, 5.41) is 0. The van der Waals surface area contributed by atoms with Crippen molar-refractivity contribution in [2.24, 2.45) is 5.92 Å². The van der Waals surface area contributed by atoms with Gasteiger partial charge in [-0.05, 0) is 19.8 Å². The maximum absolute atomic E-state index is 12.0. The Labute approximate surface area is 94.0 Å². The Morgan fingerprint density at radius 1 is 1.40 bits per heavy atom. The molecule has 0 aromatic carbocycles. The molecule has 15 heavy (non-hydrogen) atoms. The minimum Gasteiger partial charge on any atom is -0.332 e. The van der Waals surface area contributed by atoms with Crippen LogP contribution >= 0.6 is 0 Å². The zero-order valence-corrected chi connectivity index (χ0v) is 10.3. The summed E-state index contributed by atoms with van der Waals surface area (Å²) in [6, 6.07) is 0. The Kier molecular flexibility index (Phi) is 7.81. The fourth-order valence-electron chi connectivity index (χ4n) is 1.67. The number of terminal acetylenes is 1. The molecule has 0 aliphatic heterocycles. The molecule has 0 fully saturated rings. The first kappa shape index (κ1) is 14.0. The molecule has 0 radical (unpaired) electrons. The minimum absolute atomic E-state index is 0.165. The maximum atomic E-state index is 12.0. The van der Waals surface area contributed by atoms with Crippen molar-refractivity contribution < 1.29 is 4.79 Å². The highest BCUT2D eigenvalue weighted by molar-refractivity contribution is 5.79. The van der Waals surface area contributed by atoms with Crippen molar-refractivity contribution in [3.05, 3.63) is 0 Å². The van der Waals surface area contributed by atoms with Crippen LogP contribution in [0.2, 0.25) is 0 Å². The smallest absolute Gasteiger partial charge is 0.226 e. The summed E-state index contributed by atoms with van der Waals surface area (Å²) in [7, 11) is 0. The molecule has 0 heterocycles. The Balaban J connectivity index is 4.28. The molecule has 1 amide bonds. The summed E-state index contributed by atoms with van der Waals surface area (Å²) in [5.74, 6) is 2.93. The van der Waals surface area contributed by atoms with E-state index in [1.54, 1.807) is 4.90 Å². The Morgan fingerprint density at radius 3 is 2.47 bits per heavy atom. The lowest BCUT2D eigenvalue weighted by atomic mass is 9.98. The molecule has 0 rings (SSSR count). The van der Waals surface area contributed by atoms with Crippen LogP contribution in [-0.4, -0.2) is 23.9 Å². The summed E-state index contributed by atoms with van der Waals surface area (Å²) in [5.41, 5.74) is 0. The van der Waals surface area contributed by atoms with E-state index in [-0.39, 0.29) is 11.8 Å². The van der Waals surface area contributed by atoms with Gasteiger partial charge in [-0.25, -0.2) is 0 Å². The van der Waals surface area contributed by atoms with E-state index in [1.807, 2.05) is 6.92 Å². The van der Waals surface area contributed by atoms with Gasteiger partial charge in [0.05, 0.1) is 6.54 Å². The van der Waals surface area contributed by atoms with Crippen LogP contribution in [-0.2, 0) is 4.79 Å². The lowest BCUT2D eigenvalue weighted by molar-refractivity contribution is -0.135. The number of hydrogen-bond donors (Lipinski definition) is 0. The second-order valence-corrected chi connectivity index (χ2v) is 3.80. The molecule has 0 N–H and O–H groups in total. The zero-order valence-electron chi connectivity index (χ0n) is 10.3. The SMILES string of the molecule is C#CCN(CC)C(=O)C(CC)CCCC. The quantitative estimate of drug-likeness (QED) is 0.590. The summed E-state index contributed by atoms with van der Waals surface area (Å²) in [6.45, 7) is 7.35. The normalized spacial score (nSPS) is 11.9. The van der Waals surface area contributed by atoms with Gasteiger partial charge in [-0.3, -0.25) is 4.79 Å². The van der Waals surface area contributed by atoms with Gasteiger partial charge in [0.25, 0.3) is 0 Å². The predicted molar refractivity (Wildman–Crippen MR) is 64.4 cm³/mol. The standard InChI is InChI=1S/C13H23NO/c1-5-9-10-12(7-3)13(15)14(8-4)11-6-2/h2,12H,5,7-11H2,1,3-4H3. The van der Waals surface area contributed by atoms with Crippen molar-refractivity contribution in [1.29, 1.82) is 0 Å². The third-order valence-corrected chi connectivity index (χ3v) is 2.72. The van der Waals surface area contributed by atoms with Crippen molar-refractivity contribution in [3.63, 3.8) is 0 Å². The molecule has 0 aromatic rings. The first-order valence-corrected chi connectivity index (χ1v) is 5.93. The summed E-state index contributed by atoms with van der Waals surface area (Å²) >= 11 is 0. The number of rotatable bonds is 7. The van der Waals surface area contributed by atoms with Crippen molar-refractivity contribution >= 4 is 5.91 Å². The van der Waals surface area contributed by atoms with Crippen LogP contribution in [0.1, 0.15) is 46.5 Å². The minimum atomic E-state index is 0.165. The van der Waals surface area contributed by atoms with E-state index in [4.69, 9.17) is 6.42 Å². The number of amides is 1. The largest absolute Gasteiger partial charge is 0.332 e. The Bertz CT molecular complexity index is 217. The molecule has 0 aliphatic carbocycles. The number of hydrogen-bond acceptors (Lipinski definition) is 1. The van der Waals surface area contributed by atoms with Gasteiger partial charge >= 0.3 is 0 Å². The highest BCUT2D eigenvalue weighted by Crippen LogP contribution is 2.15. The van der Waals surface area contributed by atoms with Crippen molar-refractivity contribution in [1.82, 2.24) is 4.90 Å². The third kappa shape index (κ3) is 4.88. The van der Waals surface area contributed by atoms with Crippen LogP contribution in [0.5, 0.6) is 0 Å². The van der Waals surface area contributed by atoms with E-state index in [9.17, 15) is 4.79 Å². The molecule has 1 unspecified atom stereocenters. The van der Waals surface area contributed by atoms with Gasteiger partial charge in [-0.15, -0.1) is 6.42 Å². The lowest BCUT2D eigenvalue weighted by Gasteiger charge is -2.23. The van der Waals surface area contributed by atoms with Gasteiger partial charge in [-0.2, -0.15) is 0 Å². The average molecular weight is 209 g/mol. The Morgan fingerprint density at radius 2 is 2.07 bits per heavy atom. The highest BCUT2D eigenvalue weighted by Gasteiger charge is 2.20. The van der Waals surface area contributed by atoms with Crippen molar-refractivity contribution in [2.75, 3.05) is 13.1 Å². The fraction of sp³-hybridized carbons (Fsp3) is 0.769. The highest BCUT2D eigenvalue weighted by atomic mass is 16.2. The number of carbonyl (C=O) groups excluding carboxylic acids is 1. The first-order valence-electron chi connectivity index (χ1n) is 5.93. The van der Waals surface area contributed by atoms with Crippen LogP contribution in [0.4, 0.5) is 0 Å². The molecule has 0 spiro atoms. The van der Waals surface area contributed by atoms with Crippen molar-refractivity contribution in [3.8, 4) is 12.3 Å². The van der Waals surface area contributed by atoms with Gasteiger partial charge in [0.1, 0.15) is 0 Å². The van der Waals surface area contributed by atoms with Crippen LogP contribution in [0.15, 0.2) is 0 Å². The second kappa shape index (κ2) is 8.35. The maximum Gasteiger partial charge on any atom is 0.226 e. The topological polar surface area (TPSA) is 20.3 Å². The van der Waals surface area contributed by atoms with Crippen LogP contribution in [0.3, 0.4) is 0 Å². The van der Waals surface area contributed by atoms with Gasteiger partial charge < -0.3 is 4.90 Å². The monoisotopic (exact) mass is 209 g/mol. The number of carbonyl (C=O) groups is 1. The molecule has 1 atom stereocenters. The molecule has 0 saturated heterocycles. The molecule has 2 heteroatoms. The van der Waals surface area contributed by atoms with E-state index in [2.05, 4.69) is 19.8 Å². The predicted octanol–water partition coefficient (Wildman–Crippen LogP) is 2.68.